The van der Waals surface area contributed by atoms with Crippen LogP contribution in [0.25, 0.3) is 5.82 Å². The number of carbonyl (C=O) groups is 1. The van der Waals surface area contributed by atoms with E-state index in [9.17, 15) is 9.90 Å². The van der Waals surface area contributed by atoms with Gasteiger partial charge in [-0.2, -0.15) is 0 Å². The molecule has 1 fully saturated rings. The minimum Gasteiger partial charge on any atom is -0.390 e. The van der Waals surface area contributed by atoms with Crippen molar-refractivity contribution >= 4 is 5.91 Å². The van der Waals surface area contributed by atoms with Crippen molar-refractivity contribution in [3.8, 4) is 5.82 Å². The summed E-state index contributed by atoms with van der Waals surface area (Å²) in [6.07, 6.45) is 4.11. The number of aliphatic hydroxyl groups excluding tert-OH is 1. The van der Waals surface area contributed by atoms with Crippen LogP contribution < -0.4 is 0 Å². The minimum absolute atomic E-state index is 0.114. The molecule has 116 valence electrons. The van der Waals surface area contributed by atoms with Crippen LogP contribution in [0.1, 0.15) is 10.4 Å². The highest BCUT2D eigenvalue weighted by molar-refractivity contribution is 5.94. The molecule has 1 amide bonds. The molecule has 0 saturated carbocycles. The second-order valence-electron chi connectivity index (χ2n) is 5.44. The SMILES string of the molecule is CN1CCN(C(=O)c2ccc(-n3cnnc3)nc2)C[C@H](O)C1. The van der Waals surface area contributed by atoms with Crippen LogP contribution in [0.4, 0.5) is 0 Å². The number of rotatable bonds is 2. The van der Waals surface area contributed by atoms with E-state index in [0.29, 0.717) is 31.0 Å². The fourth-order valence-electron chi connectivity index (χ4n) is 2.50. The van der Waals surface area contributed by atoms with E-state index in [2.05, 4.69) is 15.2 Å². The Hall–Kier alpha value is -2.32. The van der Waals surface area contributed by atoms with Crippen LogP contribution in [0.5, 0.6) is 0 Å². The van der Waals surface area contributed by atoms with E-state index < -0.39 is 6.10 Å². The first kappa shape index (κ1) is 14.6. The van der Waals surface area contributed by atoms with E-state index in [1.807, 2.05) is 11.9 Å². The summed E-state index contributed by atoms with van der Waals surface area (Å²) in [6, 6.07) is 3.47. The normalized spacial score (nSPS) is 19.9. The summed E-state index contributed by atoms with van der Waals surface area (Å²) >= 11 is 0. The Balaban J connectivity index is 1.74. The monoisotopic (exact) mass is 302 g/mol. The highest BCUT2D eigenvalue weighted by atomic mass is 16.3. The molecule has 1 aliphatic heterocycles. The number of hydrogen-bond donors (Lipinski definition) is 1. The van der Waals surface area contributed by atoms with E-state index in [1.54, 1.807) is 40.5 Å². The molecule has 8 heteroatoms. The zero-order valence-electron chi connectivity index (χ0n) is 12.3. The highest BCUT2D eigenvalue weighted by Gasteiger charge is 2.23. The lowest BCUT2D eigenvalue weighted by Crippen LogP contribution is -2.37. The van der Waals surface area contributed by atoms with Crippen LogP contribution in [0.3, 0.4) is 0 Å². The predicted octanol–water partition coefficient (Wildman–Crippen LogP) is -0.589. The molecule has 0 aliphatic carbocycles. The number of nitrogens with zero attached hydrogens (tertiary/aromatic N) is 6. The fraction of sp³-hybridized carbons (Fsp3) is 0.429. The van der Waals surface area contributed by atoms with Crippen LogP contribution in [0.2, 0.25) is 0 Å². The van der Waals surface area contributed by atoms with Crippen molar-refractivity contribution in [2.45, 2.75) is 6.10 Å². The lowest BCUT2D eigenvalue weighted by atomic mass is 10.2. The van der Waals surface area contributed by atoms with Crippen molar-refractivity contribution in [2.75, 3.05) is 33.2 Å². The predicted molar refractivity (Wildman–Crippen MR) is 78.6 cm³/mol. The second kappa shape index (κ2) is 6.20. The molecule has 2 aromatic heterocycles. The summed E-state index contributed by atoms with van der Waals surface area (Å²) < 4.78 is 1.67. The molecule has 3 rings (SSSR count). The molecule has 1 N–H and O–H groups in total. The van der Waals surface area contributed by atoms with Gasteiger partial charge >= 0.3 is 0 Å². The zero-order chi connectivity index (χ0) is 15.5. The zero-order valence-corrected chi connectivity index (χ0v) is 12.3. The molecule has 2 aromatic rings. The third-order valence-electron chi connectivity index (χ3n) is 3.67. The minimum atomic E-state index is -0.527. The highest BCUT2D eigenvalue weighted by Crippen LogP contribution is 2.10. The number of amides is 1. The van der Waals surface area contributed by atoms with Crippen molar-refractivity contribution in [2.24, 2.45) is 0 Å². The Morgan fingerprint density at radius 3 is 2.68 bits per heavy atom. The summed E-state index contributed by atoms with van der Waals surface area (Å²) in [4.78, 5) is 20.5. The molecule has 22 heavy (non-hydrogen) atoms. The van der Waals surface area contributed by atoms with Gasteiger partial charge in [-0.05, 0) is 19.2 Å². The van der Waals surface area contributed by atoms with Gasteiger partial charge in [0.15, 0.2) is 0 Å². The molecular formula is C14H18N6O2. The molecule has 0 spiro atoms. The maximum absolute atomic E-state index is 12.5. The van der Waals surface area contributed by atoms with E-state index in [4.69, 9.17) is 0 Å². The number of β-amino-alcohol motifs (C(OH)–C–C–N with tert-alkyl or cyclic N) is 1. The molecule has 3 heterocycles. The number of likely N-dealkylation sites (N-methyl/N-ethyl adjacent to an activating group) is 1. The Bertz CT molecular complexity index is 627. The summed E-state index contributed by atoms with van der Waals surface area (Å²) in [5.74, 6) is 0.536. The quantitative estimate of drug-likeness (QED) is 0.798. The molecule has 1 aliphatic rings. The van der Waals surface area contributed by atoms with Crippen molar-refractivity contribution in [1.82, 2.24) is 29.5 Å². The van der Waals surface area contributed by atoms with Gasteiger partial charge in [-0.3, -0.25) is 9.36 Å². The third-order valence-corrected chi connectivity index (χ3v) is 3.67. The van der Waals surface area contributed by atoms with Gasteiger partial charge in [0.05, 0.1) is 11.7 Å². The largest absolute Gasteiger partial charge is 0.390 e. The van der Waals surface area contributed by atoms with Crippen molar-refractivity contribution in [3.63, 3.8) is 0 Å². The second-order valence-corrected chi connectivity index (χ2v) is 5.44. The molecule has 0 unspecified atom stereocenters. The van der Waals surface area contributed by atoms with Gasteiger partial charge in [0.2, 0.25) is 0 Å². The topological polar surface area (TPSA) is 87.4 Å². The summed E-state index contributed by atoms with van der Waals surface area (Å²) in [5, 5.41) is 17.4. The molecule has 1 atom stereocenters. The van der Waals surface area contributed by atoms with Gasteiger partial charge in [0, 0.05) is 32.4 Å². The Morgan fingerprint density at radius 1 is 1.23 bits per heavy atom. The van der Waals surface area contributed by atoms with E-state index >= 15 is 0 Å². The lowest BCUT2D eigenvalue weighted by molar-refractivity contribution is 0.0666. The Morgan fingerprint density at radius 2 is 2.00 bits per heavy atom. The first-order valence-corrected chi connectivity index (χ1v) is 7.10. The van der Waals surface area contributed by atoms with E-state index in [1.165, 1.54) is 0 Å². The number of aliphatic hydroxyl groups is 1. The average molecular weight is 302 g/mol. The lowest BCUT2D eigenvalue weighted by Gasteiger charge is -2.21. The molecular weight excluding hydrogens is 284 g/mol. The van der Waals surface area contributed by atoms with E-state index in [-0.39, 0.29) is 5.91 Å². The van der Waals surface area contributed by atoms with Crippen LogP contribution >= 0.6 is 0 Å². The summed E-state index contributed by atoms with van der Waals surface area (Å²) in [7, 11) is 1.94. The van der Waals surface area contributed by atoms with E-state index in [0.717, 1.165) is 6.54 Å². The molecule has 8 nitrogen and oxygen atoms in total. The first-order chi connectivity index (χ1) is 10.6. The molecule has 1 saturated heterocycles. The van der Waals surface area contributed by atoms with Crippen LogP contribution in [-0.4, -0.2) is 79.9 Å². The van der Waals surface area contributed by atoms with Gasteiger partial charge in [-0.1, -0.05) is 0 Å². The Kier molecular flexibility index (Phi) is 4.12. The number of hydrogen-bond acceptors (Lipinski definition) is 6. The van der Waals surface area contributed by atoms with Crippen LogP contribution in [-0.2, 0) is 0 Å². The Labute approximate surface area is 128 Å². The van der Waals surface area contributed by atoms with Crippen LogP contribution in [0.15, 0.2) is 31.0 Å². The average Bonchev–Trinajstić information content (AvgIpc) is 2.99. The van der Waals surface area contributed by atoms with Crippen LogP contribution in [0, 0.1) is 0 Å². The van der Waals surface area contributed by atoms with Gasteiger partial charge in [-0.15, -0.1) is 10.2 Å². The van der Waals surface area contributed by atoms with Crippen molar-refractivity contribution < 1.29 is 9.90 Å². The smallest absolute Gasteiger partial charge is 0.255 e. The summed E-state index contributed by atoms with van der Waals surface area (Å²) in [6.45, 7) is 2.26. The summed E-state index contributed by atoms with van der Waals surface area (Å²) in [5.41, 5.74) is 0.508. The first-order valence-electron chi connectivity index (χ1n) is 7.10. The standard InChI is InChI=1S/C14H18N6O2/c1-18-4-5-19(8-12(21)7-18)14(22)11-2-3-13(15-6-11)20-9-16-17-10-20/h2-3,6,9-10,12,21H,4-5,7-8H2,1H3/t12-/m1/s1. The number of aromatic nitrogens is 4. The van der Waals surface area contributed by atoms with Gasteiger partial charge in [0.1, 0.15) is 18.5 Å². The molecule has 0 bridgehead atoms. The van der Waals surface area contributed by atoms with Crippen molar-refractivity contribution in [3.05, 3.63) is 36.5 Å². The maximum Gasteiger partial charge on any atom is 0.255 e. The number of carbonyl (C=O) groups excluding carboxylic acids is 1. The van der Waals surface area contributed by atoms with Gasteiger partial charge < -0.3 is 14.9 Å². The fourth-order valence-corrected chi connectivity index (χ4v) is 2.50. The molecule has 0 aromatic carbocycles. The van der Waals surface area contributed by atoms with Crippen molar-refractivity contribution in [1.29, 1.82) is 0 Å². The van der Waals surface area contributed by atoms with Gasteiger partial charge in [-0.25, -0.2) is 4.98 Å². The van der Waals surface area contributed by atoms with Gasteiger partial charge in [0.25, 0.3) is 5.91 Å². The molecule has 0 radical (unpaired) electrons. The number of pyridine rings is 1. The third kappa shape index (κ3) is 3.12. The maximum atomic E-state index is 12.5.